The van der Waals surface area contributed by atoms with Gasteiger partial charge in [-0.3, -0.25) is 4.79 Å². The molecule has 0 atom stereocenters. The molecule has 0 saturated heterocycles. The Bertz CT molecular complexity index is 250. The molecule has 3 nitrogen and oxygen atoms in total. The first-order chi connectivity index (χ1) is 8.62. The molecule has 1 amide bonds. The number of unbranched alkanes of at least 4 members (excludes halogenated alkanes) is 1. The molecule has 0 bridgehead atoms. The predicted molar refractivity (Wildman–Crippen MR) is 77.8 cm³/mol. The van der Waals surface area contributed by atoms with E-state index in [1.54, 1.807) is 11.8 Å². The van der Waals surface area contributed by atoms with Crippen molar-refractivity contribution in [2.75, 3.05) is 18.1 Å². The number of nitrogens with one attached hydrogen (secondary N) is 1. The average molecular weight is 273 g/mol. The van der Waals surface area contributed by atoms with Crippen molar-refractivity contribution < 1.29 is 9.90 Å². The smallest absolute Gasteiger partial charge is 0.230 e. The van der Waals surface area contributed by atoms with Gasteiger partial charge in [-0.2, -0.15) is 11.8 Å². The van der Waals surface area contributed by atoms with Crippen LogP contribution in [0.4, 0.5) is 0 Å². The van der Waals surface area contributed by atoms with Crippen LogP contribution in [-0.4, -0.2) is 34.7 Å². The van der Waals surface area contributed by atoms with Crippen LogP contribution >= 0.6 is 11.8 Å². The van der Waals surface area contributed by atoms with Crippen LogP contribution < -0.4 is 5.32 Å². The summed E-state index contributed by atoms with van der Waals surface area (Å²) in [4.78, 5) is 11.9. The van der Waals surface area contributed by atoms with Crippen LogP contribution in [0.3, 0.4) is 0 Å². The summed E-state index contributed by atoms with van der Waals surface area (Å²) in [6.45, 7) is 4.47. The third kappa shape index (κ3) is 5.19. The number of carbonyl (C=O) groups excluding carboxylic acids is 1. The molecule has 18 heavy (non-hydrogen) atoms. The second-order valence-electron chi connectivity index (χ2n) is 5.58. The van der Waals surface area contributed by atoms with E-state index in [1.165, 1.54) is 12.8 Å². The molecule has 1 fully saturated rings. The first kappa shape index (κ1) is 15.8. The molecule has 0 spiro atoms. The largest absolute Gasteiger partial charge is 0.394 e. The Balaban J connectivity index is 2.31. The van der Waals surface area contributed by atoms with Gasteiger partial charge < -0.3 is 10.4 Å². The Morgan fingerprint density at radius 3 is 2.67 bits per heavy atom. The molecule has 1 saturated carbocycles. The normalized spacial score (nSPS) is 28.1. The van der Waals surface area contributed by atoms with Crippen molar-refractivity contribution in [3.8, 4) is 0 Å². The summed E-state index contributed by atoms with van der Waals surface area (Å²) in [5.41, 5.74) is -0.338. The molecular formula is C14H27NO2S. The van der Waals surface area contributed by atoms with Gasteiger partial charge in [-0.05, 0) is 43.8 Å². The maximum Gasteiger partial charge on any atom is 0.230 e. The zero-order chi connectivity index (χ0) is 13.4. The minimum atomic E-state index is -0.338. The molecule has 1 aliphatic carbocycles. The summed E-state index contributed by atoms with van der Waals surface area (Å²) < 4.78 is 0. The summed E-state index contributed by atoms with van der Waals surface area (Å²) in [5, 5.41) is 12.6. The number of amides is 1. The van der Waals surface area contributed by atoms with Crippen LogP contribution in [-0.2, 0) is 4.79 Å². The molecule has 0 aliphatic heterocycles. The van der Waals surface area contributed by atoms with E-state index in [1.807, 2.05) is 0 Å². The third-order valence-electron chi connectivity index (χ3n) is 3.81. The van der Waals surface area contributed by atoms with Crippen molar-refractivity contribution >= 4 is 17.7 Å². The minimum Gasteiger partial charge on any atom is -0.394 e. The lowest BCUT2D eigenvalue weighted by atomic mass is 9.77. The first-order valence-electron chi connectivity index (χ1n) is 7.11. The summed E-state index contributed by atoms with van der Waals surface area (Å²) in [6.07, 6.45) is 6.37. The summed E-state index contributed by atoms with van der Waals surface area (Å²) in [5.74, 6) is 2.38. The van der Waals surface area contributed by atoms with Crippen LogP contribution in [0.1, 0.15) is 52.4 Å². The molecule has 1 aliphatic rings. The lowest BCUT2D eigenvalue weighted by molar-refractivity contribution is -0.121. The minimum absolute atomic E-state index is 0.0745. The maximum atomic E-state index is 11.9. The van der Waals surface area contributed by atoms with Gasteiger partial charge in [0, 0.05) is 0 Å². The molecule has 0 heterocycles. The SMILES string of the molecule is CCCCSCC(=O)NC1(CO)CCC(C)CC1. The van der Waals surface area contributed by atoms with Crippen molar-refractivity contribution in [2.24, 2.45) is 5.92 Å². The topological polar surface area (TPSA) is 49.3 Å². The van der Waals surface area contributed by atoms with E-state index in [0.717, 1.165) is 37.4 Å². The van der Waals surface area contributed by atoms with E-state index in [4.69, 9.17) is 0 Å². The van der Waals surface area contributed by atoms with Crippen molar-refractivity contribution in [3.05, 3.63) is 0 Å². The highest BCUT2D eigenvalue weighted by molar-refractivity contribution is 7.99. The highest BCUT2D eigenvalue weighted by Gasteiger charge is 2.34. The maximum absolute atomic E-state index is 11.9. The second kappa shape index (κ2) is 8.05. The van der Waals surface area contributed by atoms with E-state index in [9.17, 15) is 9.90 Å². The quantitative estimate of drug-likeness (QED) is 0.701. The first-order valence-corrected chi connectivity index (χ1v) is 8.27. The van der Waals surface area contributed by atoms with Gasteiger partial charge in [-0.1, -0.05) is 20.3 Å². The van der Waals surface area contributed by atoms with Gasteiger partial charge in [0.25, 0.3) is 0 Å². The molecule has 0 aromatic carbocycles. The standard InChI is InChI=1S/C14H27NO2S/c1-3-4-9-18-10-13(17)15-14(11-16)7-5-12(2)6-8-14/h12,16H,3-11H2,1-2H3,(H,15,17). The second-order valence-corrected chi connectivity index (χ2v) is 6.68. The van der Waals surface area contributed by atoms with Crippen LogP contribution in [0, 0.1) is 5.92 Å². The van der Waals surface area contributed by atoms with Crippen LogP contribution in [0.25, 0.3) is 0 Å². The van der Waals surface area contributed by atoms with E-state index in [2.05, 4.69) is 19.2 Å². The summed E-state index contributed by atoms with van der Waals surface area (Å²) in [6, 6.07) is 0. The van der Waals surface area contributed by atoms with Crippen molar-refractivity contribution in [1.29, 1.82) is 0 Å². The Kier molecular flexibility index (Phi) is 7.08. The van der Waals surface area contributed by atoms with Crippen molar-refractivity contribution in [1.82, 2.24) is 5.32 Å². The third-order valence-corrected chi connectivity index (χ3v) is 4.86. The predicted octanol–water partition coefficient (Wildman–Crippen LogP) is 2.58. The molecule has 0 unspecified atom stereocenters. The molecule has 106 valence electrons. The number of rotatable bonds is 7. The van der Waals surface area contributed by atoms with Gasteiger partial charge in [0.05, 0.1) is 17.9 Å². The number of thioether (sulfide) groups is 1. The van der Waals surface area contributed by atoms with Gasteiger partial charge in [0.15, 0.2) is 0 Å². The van der Waals surface area contributed by atoms with Crippen LogP contribution in [0.2, 0.25) is 0 Å². The zero-order valence-electron chi connectivity index (χ0n) is 11.7. The molecule has 0 aromatic heterocycles. The Hall–Kier alpha value is -0.220. The molecule has 0 aromatic rings. The zero-order valence-corrected chi connectivity index (χ0v) is 12.5. The lowest BCUT2D eigenvalue weighted by Crippen LogP contribution is -2.53. The number of aliphatic hydroxyl groups is 1. The van der Waals surface area contributed by atoms with Gasteiger partial charge in [0.1, 0.15) is 0 Å². The van der Waals surface area contributed by atoms with Gasteiger partial charge in [0.2, 0.25) is 5.91 Å². The lowest BCUT2D eigenvalue weighted by Gasteiger charge is -2.38. The Morgan fingerprint density at radius 1 is 1.44 bits per heavy atom. The van der Waals surface area contributed by atoms with Gasteiger partial charge in [-0.15, -0.1) is 0 Å². The van der Waals surface area contributed by atoms with Gasteiger partial charge in [-0.25, -0.2) is 0 Å². The Labute approximate surface area is 115 Å². The van der Waals surface area contributed by atoms with Crippen LogP contribution in [0.5, 0.6) is 0 Å². The highest BCUT2D eigenvalue weighted by atomic mass is 32.2. The number of hydrogen-bond donors (Lipinski definition) is 2. The van der Waals surface area contributed by atoms with Gasteiger partial charge >= 0.3 is 0 Å². The fourth-order valence-corrected chi connectivity index (χ4v) is 3.28. The monoisotopic (exact) mass is 273 g/mol. The number of aliphatic hydroxyl groups excluding tert-OH is 1. The molecule has 0 radical (unpaired) electrons. The van der Waals surface area contributed by atoms with E-state index < -0.39 is 0 Å². The Morgan fingerprint density at radius 2 is 2.11 bits per heavy atom. The molecule has 1 rings (SSSR count). The van der Waals surface area contributed by atoms with E-state index >= 15 is 0 Å². The van der Waals surface area contributed by atoms with Crippen molar-refractivity contribution in [2.45, 2.75) is 57.9 Å². The molecule has 4 heteroatoms. The number of carbonyl (C=O) groups is 1. The highest BCUT2D eigenvalue weighted by Crippen LogP contribution is 2.31. The van der Waals surface area contributed by atoms with E-state index in [-0.39, 0.29) is 18.1 Å². The summed E-state index contributed by atoms with van der Waals surface area (Å²) in [7, 11) is 0. The summed E-state index contributed by atoms with van der Waals surface area (Å²) >= 11 is 1.69. The molecule has 2 N–H and O–H groups in total. The fourth-order valence-electron chi connectivity index (χ4n) is 2.38. The molecular weight excluding hydrogens is 246 g/mol. The van der Waals surface area contributed by atoms with Crippen LogP contribution in [0.15, 0.2) is 0 Å². The fraction of sp³-hybridized carbons (Fsp3) is 0.929. The number of hydrogen-bond acceptors (Lipinski definition) is 3. The van der Waals surface area contributed by atoms with Crippen molar-refractivity contribution in [3.63, 3.8) is 0 Å². The van der Waals surface area contributed by atoms with E-state index in [0.29, 0.717) is 5.75 Å². The average Bonchev–Trinajstić information content (AvgIpc) is 2.38.